The normalized spacial score (nSPS) is 17.8. The number of alkyl halides is 3. The van der Waals surface area contributed by atoms with Crippen molar-refractivity contribution in [3.05, 3.63) is 30.3 Å². The van der Waals surface area contributed by atoms with E-state index in [-0.39, 0.29) is 12.4 Å². The Morgan fingerprint density at radius 3 is 2.30 bits per heavy atom. The van der Waals surface area contributed by atoms with Crippen molar-refractivity contribution in [2.75, 3.05) is 26.9 Å². The van der Waals surface area contributed by atoms with Crippen molar-refractivity contribution in [3.8, 4) is 5.75 Å². The fourth-order valence-electron chi connectivity index (χ4n) is 2.35. The fourth-order valence-corrected chi connectivity index (χ4v) is 2.35. The van der Waals surface area contributed by atoms with E-state index in [9.17, 15) is 22.8 Å². The maximum absolute atomic E-state index is 13.8. The first-order valence-electron chi connectivity index (χ1n) is 8.10. The maximum atomic E-state index is 13.8. The molecule has 1 amide bonds. The number of methoxy groups -OCH3 is 1. The van der Waals surface area contributed by atoms with Gasteiger partial charge >= 0.3 is 24.0 Å². The number of esters is 1. The van der Waals surface area contributed by atoms with E-state index in [1.807, 2.05) is 6.92 Å². The van der Waals surface area contributed by atoms with Crippen LogP contribution in [0.2, 0.25) is 0 Å². The highest BCUT2D eigenvalue weighted by Gasteiger charge is 2.66. The standard InChI is InChI=1S/C17H20F3NO6/c1-3-15(9-25-10-15)11-26-14(23)21-16(13(22)24-2,17(18,19)20)27-12-7-5-4-6-8-12/h4-8H,3,9-11H2,1-2H3,(H,21,23)/t16-/m1/s1. The van der Waals surface area contributed by atoms with Crippen LogP contribution in [0.1, 0.15) is 13.3 Å². The van der Waals surface area contributed by atoms with Crippen molar-refractivity contribution < 1.29 is 41.7 Å². The first-order valence-corrected chi connectivity index (χ1v) is 8.10. The molecule has 0 saturated carbocycles. The van der Waals surface area contributed by atoms with E-state index in [0.29, 0.717) is 19.6 Å². The second-order valence-electron chi connectivity index (χ2n) is 6.13. The zero-order valence-electron chi connectivity index (χ0n) is 14.8. The molecule has 2 rings (SSSR count). The van der Waals surface area contributed by atoms with Gasteiger partial charge in [0.25, 0.3) is 0 Å². The lowest BCUT2D eigenvalue weighted by atomic mass is 9.84. The summed E-state index contributed by atoms with van der Waals surface area (Å²) in [5.41, 5.74) is -4.19. The lowest BCUT2D eigenvalue weighted by molar-refractivity contribution is -0.260. The van der Waals surface area contributed by atoms with Crippen molar-refractivity contribution in [1.29, 1.82) is 0 Å². The molecule has 1 heterocycles. The number of benzene rings is 1. The molecule has 0 unspecified atom stereocenters. The van der Waals surface area contributed by atoms with Crippen LogP contribution in [0.15, 0.2) is 30.3 Å². The minimum atomic E-state index is -5.32. The predicted molar refractivity (Wildman–Crippen MR) is 85.9 cm³/mol. The first kappa shape index (κ1) is 20.8. The molecule has 0 aromatic heterocycles. The van der Waals surface area contributed by atoms with Crippen LogP contribution in [-0.4, -0.2) is 50.9 Å². The predicted octanol–water partition coefficient (Wildman–Crippen LogP) is 2.65. The summed E-state index contributed by atoms with van der Waals surface area (Å²) >= 11 is 0. The van der Waals surface area contributed by atoms with Gasteiger partial charge in [-0.25, -0.2) is 9.59 Å². The van der Waals surface area contributed by atoms with Crippen LogP contribution < -0.4 is 10.1 Å². The van der Waals surface area contributed by atoms with Crippen LogP contribution in [-0.2, 0) is 19.0 Å². The van der Waals surface area contributed by atoms with Crippen LogP contribution in [0.3, 0.4) is 0 Å². The average molecular weight is 391 g/mol. The third-order valence-electron chi connectivity index (χ3n) is 4.24. The summed E-state index contributed by atoms with van der Waals surface area (Å²) in [6.07, 6.45) is -6.17. The molecule has 0 spiro atoms. The lowest BCUT2D eigenvalue weighted by Crippen LogP contribution is -2.68. The minimum absolute atomic E-state index is 0.157. The van der Waals surface area contributed by atoms with E-state index < -0.39 is 29.4 Å². The number of carbonyl (C=O) groups is 2. The van der Waals surface area contributed by atoms with E-state index in [1.54, 1.807) is 6.07 Å². The topological polar surface area (TPSA) is 83.1 Å². The molecule has 1 aliphatic heterocycles. The van der Waals surface area contributed by atoms with Crippen LogP contribution in [0.5, 0.6) is 5.75 Å². The van der Waals surface area contributed by atoms with Gasteiger partial charge in [-0.1, -0.05) is 25.1 Å². The van der Waals surface area contributed by atoms with Gasteiger partial charge in [-0.15, -0.1) is 0 Å². The summed E-state index contributed by atoms with van der Waals surface area (Å²) in [5.74, 6) is -2.13. The Morgan fingerprint density at radius 1 is 1.22 bits per heavy atom. The van der Waals surface area contributed by atoms with Gasteiger partial charge in [-0.2, -0.15) is 13.2 Å². The Balaban J connectivity index is 2.22. The molecule has 150 valence electrons. The number of hydrogen-bond donors (Lipinski definition) is 1. The Morgan fingerprint density at radius 2 is 1.85 bits per heavy atom. The lowest BCUT2D eigenvalue weighted by Gasteiger charge is -2.40. The molecule has 1 aromatic rings. The van der Waals surface area contributed by atoms with Gasteiger partial charge < -0.3 is 18.9 Å². The fraction of sp³-hybridized carbons (Fsp3) is 0.529. The van der Waals surface area contributed by atoms with Crippen molar-refractivity contribution in [3.63, 3.8) is 0 Å². The molecule has 1 fully saturated rings. The molecule has 0 radical (unpaired) electrons. The summed E-state index contributed by atoms with van der Waals surface area (Å²) < 4.78 is 60.3. The average Bonchev–Trinajstić information content (AvgIpc) is 2.59. The number of hydrogen-bond acceptors (Lipinski definition) is 6. The second kappa shape index (κ2) is 8.03. The van der Waals surface area contributed by atoms with Gasteiger partial charge in [-0.05, 0) is 18.6 Å². The van der Waals surface area contributed by atoms with Crippen LogP contribution in [0.25, 0.3) is 0 Å². The Kier molecular flexibility index (Phi) is 6.19. The first-order chi connectivity index (χ1) is 12.7. The molecule has 1 N–H and O–H groups in total. The number of alkyl carbamates (subject to hydrolysis) is 1. The molecule has 0 aliphatic carbocycles. The van der Waals surface area contributed by atoms with Gasteiger partial charge in [0.15, 0.2) is 0 Å². The van der Waals surface area contributed by atoms with E-state index in [0.717, 1.165) is 7.11 Å². The zero-order chi connectivity index (χ0) is 20.1. The molecule has 27 heavy (non-hydrogen) atoms. The van der Waals surface area contributed by atoms with Crippen LogP contribution >= 0.6 is 0 Å². The minimum Gasteiger partial charge on any atom is -0.464 e. The third kappa shape index (κ3) is 4.44. The zero-order valence-corrected chi connectivity index (χ0v) is 14.8. The van der Waals surface area contributed by atoms with E-state index >= 15 is 0 Å². The Bertz CT molecular complexity index is 657. The molecular weight excluding hydrogens is 371 g/mol. The van der Waals surface area contributed by atoms with E-state index in [1.165, 1.54) is 29.6 Å². The van der Waals surface area contributed by atoms with Crippen molar-refractivity contribution in [2.24, 2.45) is 5.41 Å². The van der Waals surface area contributed by atoms with Crippen molar-refractivity contribution >= 4 is 12.1 Å². The van der Waals surface area contributed by atoms with Crippen molar-refractivity contribution in [2.45, 2.75) is 25.2 Å². The molecule has 10 heteroatoms. The van der Waals surface area contributed by atoms with Crippen LogP contribution in [0, 0.1) is 5.41 Å². The maximum Gasteiger partial charge on any atom is 0.461 e. The number of rotatable bonds is 7. The smallest absolute Gasteiger partial charge is 0.461 e. The Labute approximate surface area is 153 Å². The number of para-hydroxylation sites is 1. The van der Waals surface area contributed by atoms with Gasteiger partial charge in [0.05, 0.1) is 25.7 Å². The molecule has 1 saturated heterocycles. The highest BCUT2D eigenvalue weighted by atomic mass is 19.4. The summed E-state index contributed by atoms with van der Waals surface area (Å²) in [4.78, 5) is 24.0. The molecule has 1 atom stereocenters. The second-order valence-corrected chi connectivity index (χ2v) is 6.13. The summed E-state index contributed by atoms with van der Waals surface area (Å²) in [7, 11) is 0.752. The monoisotopic (exact) mass is 391 g/mol. The van der Waals surface area contributed by atoms with Gasteiger partial charge in [0.2, 0.25) is 0 Å². The molecule has 0 bridgehead atoms. The number of amides is 1. The van der Waals surface area contributed by atoms with Crippen LogP contribution in [0.4, 0.5) is 18.0 Å². The summed E-state index contributed by atoms with van der Waals surface area (Å²) in [5, 5.41) is 1.49. The SMILES string of the molecule is CCC1(COC(=O)N[C@@](Oc2ccccc2)(C(=O)OC)C(F)(F)F)COC1. The molecular formula is C17H20F3NO6. The van der Waals surface area contributed by atoms with E-state index in [4.69, 9.17) is 14.2 Å². The number of nitrogens with one attached hydrogen (secondary N) is 1. The Hall–Kier alpha value is -2.49. The molecule has 1 aromatic carbocycles. The van der Waals surface area contributed by atoms with Gasteiger partial charge in [0.1, 0.15) is 12.4 Å². The highest BCUT2D eigenvalue weighted by Crippen LogP contribution is 2.35. The van der Waals surface area contributed by atoms with E-state index in [2.05, 4.69) is 4.74 Å². The summed E-state index contributed by atoms with van der Waals surface area (Å²) in [6, 6.07) is 6.77. The number of carbonyl (C=O) groups excluding carboxylic acids is 2. The highest BCUT2D eigenvalue weighted by molar-refractivity contribution is 5.85. The molecule has 1 aliphatic rings. The third-order valence-corrected chi connectivity index (χ3v) is 4.24. The largest absolute Gasteiger partial charge is 0.464 e. The van der Waals surface area contributed by atoms with Crippen molar-refractivity contribution in [1.82, 2.24) is 5.32 Å². The molecule has 7 nitrogen and oxygen atoms in total. The number of halogens is 3. The quantitative estimate of drug-likeness (QED) is 0.568. The number of ether oxygens (including phenoxy) is 4. The summed E-state index contributed by atoms with van der Waals surface area (Å²) in [6.45, 7) is 2.35. The van der Waals surface area contributed by atoms with Gasteiger partial charge in [0, 0.05) is 0 Å². The van der Waals surface area contributed by atoms with Gasteiger partial charge in [-0.3, -0.25) is 5.32 Å².